The molecule has 2 unspecified atom stereocenters. The van der Waals surface area contributed by atoms with Gasteiger partial charge in [-0.2, -0.15) is 0 Å². The Kier molecular flexibility index (Phi) is 4.49. The van der Waals surface area contributed by atoms with Crippen molar-refractivity contribution in [3.05, 3.63) is 0 Å². The molecule has 0 aromatic heterocycles. The van der Waals surface area contributed by atoms with Gasteiger partial charge in [0.2, 0.25) is 0 Å². The van der Waals surface area contributed by atoms with Crippen molar-refractivity contribution >= 4 is 22.6 Å². The van der Waals surface area contributed by atoms with E-state index in [0.717, 1.165) is 12.1 Å². The molecule has 0 aromatic rings. The molecule has 0 aliphatic carbocycles. The lowest BCUT2D eigenvalue weighted by molar-refractivity contribution is 0.298. The zero-order valence-electron chi connectivity index (χ0n) is 9.07. The molecular formula is C11H22IN. The third kappa shape index (κ3) is 3.08. The Morgan fingerprint density at radius 2 is 2.15 bits per heavy atom. The van der Waals surface area contributed by atoms with Crippen LogP contribution in [-0.2, 0) is 0 Å². The Morgan fingerprint density at radius 3 is 2.62 bits per heavy atom. The van der Waals surface area contributed by atoms with E-state index in [4.69, 9.17) is 0 Å². The number of hydrogen-bond acceptors (Lipinski definition) is 1. The summed E-state index contributed by atoms with van der Waals surface area (Å²) in [5, 5.41) is 3.76. The fourth-order valence-electron chi connectivity index (χ4n) is 2.36. The first-order valence-electron chi connectivity index (χ1n) is 5.42. The molecule has 1 rings (SSSR count). The second-order valence-electron chi connectivity index (χ2n) is 4.85. The number of rotatable bonds is 4. The molecule has 2 atom stereocenters. The van der Waals surface area contributed by atoms with E-state index in [1.165, 1.54) is 30.1 Å². The summed E-state index contributed by atoms with van der Waals surface area (Å²) in [5.41, 5.74) is 0.520. The molecule has 1 N–H and O–H groups in total. The van der Waals surface area contributed by atoms with Crippen molar-refractivity contribution in [1.29, 1.82) is 0 Å². The van der Waals surface area contributed by atoms with E-state index in [9.17, 15) is 0 Å². The Labute approximate surface area is 96.2 Å². The van der Waals surface area contributed by atoms with E-state index >= 15 is 0 Å². The maximum atomic E-state index is 3.76. The summed E-state index contributed by atoms with van der Waals surface area (Å²) in [6.07, 6.45) is 5.35. The van der Waals surface area contributed by atoms with Crippen LogP contribution in [0.4, 0.5) is 0 Å². The van der Waals surface area contributed by atoms with E-state index in [-0.39, 0.29) is 0 Å². The largest absolute Gasteiger partial charge is 0.311 e. The van der Waals surface area contributed by atoms with Gasteiger partial charge in [-0.05, 0) is 35.5 Å². The molecule has 78 valence electrons. The van der Waals surface area contributed by atoms with Gasteiger partial charge in [-0.25, -0.2) is 0 Å². The van der Waals surface area contributed by atoms with E-state index < -0.39 is 0 Å². The molecule has 1 nitrogen and oxygen atoms in total. The van der Waals surface area contributed by atoms with Crippen LogP contribution in [0.25, 0.3) is 0 Å². The highest BCUT2D eigenvalue weighted by molar-refractivity contribution is 14.1. The van der Waals surface area contributed by atoms with Crippen molar-refractivity contribution in [2.45, 2.75) is 58.5 Å². The van der Waals surface area contributed by atoms with Gasteiger partial charge in [-0.3, -0.25) is 0 Å². The first kappa shape index (κ1) is 11.8. The Morgan fingerprint density at radius 1 is 1.46 bits per heavy atom. The smallest absolute Gasteiger partial charge is 0.0122 e. The predicted octanol–water partition coefficient (Wildman–Crippen LogP) is 3.37. The van der Waals surface area contributed by atoms with Gasteiger partial charge in [0.25, 0.3) is 0 Å². The predicted molar refractivity (Wildman–Crippen MR) is 67.5 cm³/mol. The minimum Gasteiger partial charge on any atom is -0.311 e. The van der Waals surface area contributed by atoms with E-state index in [0.29, 0.717) is 5.41 Å². The van der Waals surface area contributed by atoms with E-state index in [2.05, 4.69) is 48.7 Å². The van der Waals surface area contributed by atoms with Gasteiger partial charge >= 0.3 is 0 Å². The van der Waals surface area contributed by atoms with Crippen LogP contribution in [0, 0.1) is 5.41 Å². The molecular weight excluding hydrogens is 273 g/mol. The molecule has 1 heterocycles. The summed E-state index contributed by atoms with van der Waals surface area (Å²) >= 11 is 2.47. The third-order valence-corrected chi connectivity index (χ3v) is 4.03. The summed E-state index contributed by atoms with van der Waals surface area (Å²) in [6.45, 7) is 7.11. The normalized spacial score (nSPS) is 32.3. The maximum absolute atomic E-state index is 3.76. The molecule has 1 aliphatic rings. The van der Waals surface area contributed by atoms with Crippen LogP contribution < -0.4 is 5.32 Å². The minimum absolute atomic E-state index is 0.520. The first-order chi connectivity index (χ1) is 6.10. The molecule has 1 fully saturated rings. The van der Waals surface area contributed by atoms with Crippen LogP contribution in [0.1, 0.15) is 46.5 Å². The van der Waals surface area contributed by atoms with Crippen LogP contribution in [0.15, 0.2) is 0 Å². The van der Waals surface area contributed by atoms with Crippen LogP contribution in [-0.4, -0.2) is 16.5 Å². The van der Waals surface area contributed by atoms with Crippen LogP contribution in [0.3, 0.4) is 0 Å². The molecule has 0 saturated carbocycles. The third-order valence-electron chi connectivity index (χ3n) is 3.27. The van der Waals surface area contributed by atoms with Crippen LogP contribution >= 0.6 is 22.6 Å². The number of nitrogens with one attached hydrogen (secondary N) is 1. The van der Waals surface area contributed by atoms with Gasteiger partial charge in [0, 0.05) is 12.1 Å². The second-order valence-corrected chi connectivity index (χ2v) is 5.93. The minimum atomic E-state index is 0.520. The molecule has 0 amide bonds. The SMILES string of the molecule is CCC1CC(C)(C)C(CCCI)N1. The van der Waals surface area contributed by atoms with Crippen LogP contribution in [0.2, 0.25) is 0 Å². The van der Waals surface area contributed by atoms with Crippen molar-refractivity contribution in [3.63, 3.8) is 0 Å². The summed E-state index contributed by atoms with van der Waals surface area (Å²) in [6, 6.07) is 1.53. The maximum Gasteiger partial charge on any atom is 0.0122 e. The van der Waals surface area contributed by atoms with E-state index in [1.54, 1.807) is 0 Å². The Bertz CT molecular complexity index is 156. The van der Waals surface area contributed by atoms with Gasteiger partial charge in [-0.1, -0.05) is 43.4 Å². The molecule has 0 aromatic carbocycles. The van der Waals surface area contributed by atoms with Crippen molar-refractivity contribution in [2.24, 2.45) is 5.41 Å². The highest BCUT2D eigenvalue weighted by Crippen LogP contribution is 2.36. The van der Waals surface area contributed by atoms with Crippen molar-refractivity contribution in [1.82, 2.24) is 5.32 Å². The molecule has 2 heteroatoms. The summed E-state index contributed by atoms with van der Waals surface area (Å²) < 4.78 is 1.29. The van der Waals surface area contributed by atoms with Gasteiger partial charge in [0.1, 0.15) is 0 Å². The fraction of sp³-hybridized carbons (Fsp3) is 1.00. The standard InChI is InChI=1S/C11H22IN/c1-4-9-8-11(2,3)10(13-9)6-5-7-12/h9-10,13H,4-8H2,1-3H3. The van der Waals surface area contributed by atoms with Crippen molar-refractivity contribution in [3.8, 4) is 0 Å². The summed E-state index contributed by atoms with van der Waals surface area (Å²) in [7, 11) is 0. The molecule has 1 aliphatic heterocycles. The van der Waals surface area contributed by atoms with Crippen molar-refractivity contribution in [2.75, 3.05) is 4.43 Å². The topological polar surface area (TPSA) is 12.0 Å². The summed E-state index contributed by atoms with van der Waals surface area (Å²) in [4.78, 5) is 0. The Balaban J connectivity index is 2.44. The average Bonchev–Trinajstić information content (AvgIpc) is 2.37. The lowest BCUT2D eigenvalue weighted by atomic mass is 9.82. The summed E-state index contributed by atoms with van der Waals surface area (Å²) in [5.74, 6) is 0. The average molecular weight is 295 g/mol. The lowest BCUT2D eigenvalue weighted by Crippen LogP contribution is -2.34. The number of hydrogen-bond donors (Lipinski definition) is 1. The van der Waals surface area contributed by atoms with Crippen molar-refractivity contribution < 1.29 is 0 Å². The van der Waals surface area contributed by atoms with Gasteiger partial charge in [0.15, 0.2) is 0 Å². The highest BCUT2D eigenvalue weighted by Gasteiger charge is 2.38. The monoisotopic (exact) mass is 295 g/mol. The van der Waals surface area contributed by atoms with Gasteiger partial charge < -0.3 is 5.32 Å². The molecule has 0 bridgehead atoms. The van der Waals surface area contributed by atoms with Gasteiger partial charge in [0.05, 0.1) is 0 Å². The quantitative estimate of drug-likeness (QED) is 0.619. The molecule has 0 spiro atoms. The number of alkyl halides is 1. The van der Waals surface area contributed by atoms with Gasteiger partial charge in [-0.15, -0.1) is 0 Å². The lowest BCUT2D eigenvalue weighted by Gasteiger charge is -2.26. The van der Waals surface area contributed by atoms with Crippen LogP contribution in [0.5, 0.6) is 0 Å². The number of halogens is 1. The zero-order chi connectivity index (χ0) is 9.90. The Hall–Kier alpha value is 0.690. The first-order valence-corrected chi connectivity index (χ1v) is 6.94. The fourth-order valence-corrected chi connectivity index (χ4v) is 2.80. The zero-order valence-corrected chi connectivity index (χ0v) is 11.2. The molecule has 0 radical (unpaired) electrons. The van der Waals surface area contributed by atoms with E-state index in [1.807, 2.05) is 0 Å². The highest BCUT2D eigenvalue weighted by atomic mass is 127. The molecule has 1 saturated heterocycles. The molecule has 13 heavy (non-hydrogen) atoms. The second kappa shape index (κ2) is 4.96.